The van der Waals surface area contributed by atoms with Gasteiger partial charge in [-0.3, -0.25) is 0 Å². The highest BCUT2D eigenvalue weighted by Gasteiger charge is 2.54. The number of halogens is 2. The standard InChI is InChI=1S/C15H21BClFN2O3/c1-14(2)15(3,4)23-16(22-14)13(18)10-5-9(6-10)7-11-19-12(8-17)21-20-11/h9H,5-8H2,1-4H3. The van der Waals surface area contributed by atoms with Crippen LogP contribution in [0.5, 0.6) is 0 Å². The quantitative estimate of drug-likeness (QED) is 0.618. The van der Waals surface area contributed by atoms with E-state index in [-0.39, 0.29) is 11.6 Å². The van der Waals surface area contributed by atoms with Gasteiger partial charge < -0.3 is 13.8 Å². The molecular formula is C15H21BClFN2O3. The molecular weight excluding hydrogens is 321 g/mol. The lowest BCUT2D eigenvalue weighted by Crippen LogP contribution is -2.41. The summed E-state index contributed by atoms with van der Waals surface area (Å²) in [5, 5.41) is 3.86. The molecule has 1 saturated heterocycles. The third-order valence-electron chi connectivity index (χ3n) is 4.96. The molecule has 0 bridgehead atoms. The molecule has 0 aromatic carbocycles. The van der Waals surface area contributed by atoms with Crippen molar-refractivity contribution in [3.05, 3.63) is 23.0 Å². The summed E-state index contributed by atoms with van der Waals surface area (Å²) in [6.45, 7) is 7.66. The number of hydrogen-bond donors (Lipinski definition) is 0. The maximum Gasteiger partial charge on any atom is 0.525 e. The van der Waals surface area contributed by atoms with E-state index >= 15 is 0 Å². The van der Waals surface area contributed by atoms with Gasteiger partial charge in [-0.1, -0.05) is 5.16 Å². The van der Waals surface area contributed by atoms with Gasteiger partial charge in [0.25, 0.3) is 0 Å². The average Bonchev–Trinajstić information content (AvgIpc) is 2.95. The normalized spacial score (nSPS) is 25.6. The fourth-order valence-electron chi connectivity index (χ4n) is 2.78. The Morgan fingerprint density at radius 3 is 2.39 bits per heavy atom. The van der Waals surface area contributed by atoms with Gasteiger partial charge in [-0.2, -0.15) is 4.98 Å². The van der Waals surface area contributed by atoms with Crippen molar-refractivity contribution in [2.24, 2.45) is 5.92 Å². The minimum Gasteiger partial charge on any atom is -0.398 e. The lowest BCUT2D eigenvalue weighted by Gasteiger charge is -2.32. The van der Waals surface area contributed by atoms with Crippen molar-refractivity contribution >= 4 is 18.7 Å². The molecule has 0 unspecified atom stereocenters. The largest absolute Gasteiger partial charge is 0.525 e. The van der Waals surface area contributed by atoms with Crippen molar-refractivity contribution in [1.29, 1.82) is 0 Å². The monoisotopic (exact) mass is 342 g/mol. The fraction of sp³-hybridized carbons (Fsp3) is 0.733. The summed E-state index contributed by atoms with van der Waals surface area (Å²) >= 11 is 5.63. The molecule has 1 aromatic heterocycles. The molecule has 126 valence electrons. The SMILES string of the molecule is CC1(C)OB(C(F)=C2CC(Cc3noc(CCl)n3)C2)OC1(C)C. The maximum atomic E-state index is 14.6. The molecule has 2 heterocycles. The second kappa shape index (κ2) is 5.86. The van der Waals surface area contributed by atoms with Crippen LogP contribution < -0.4 is 0 Å². The van der Waals surface area contributed by atoms with Crippen LogP contribution in [0.4, 0.5) is 4.39 Å². The molecule has 0 atom stereocenters. The van der Waals surface area contributed by atoms with Crippen LogP contribution in [0.15, 0.2) is 15.8 Å². The minimum atomic E-state index is -0.899. The summed E-state index contributed by atoms with van der Waals surface area (Å²) in [7, 11) is -0.899. The predicted octanol–water partition coefficient (Wildman–Crippen LogP) is 3.62. The molecule has 8 heteroatoms. The average molecular weight is 343 g/mol. The zero-order chi connectivity index (χ0) is 16.8. The highest BCUT2D eigenvalue weighted by Crippen LogP contribution is 2.43. The first kappa shape index (κ1) is 16.9. The third-order valence-corrected chi connectivity index (χ3v) is 5.19. The van der Waals surface area contributed by atoms with E-state index in [0.717, 1.165) is 5.57 Å². The van der Waals surface area contributed by atoms with Crippen molar-refractivity contribution in [2.45, 2.75) is 64.0 Å². The number of alkyl halides is 1. The van der Waals surface area contributed by atoms with Crippen LogP contribution in [0.1, 0.15) is 52.3 Å². The first-order valence-corrected chi connectivity index (χ1v) is 8.36. The van der Waals surface area contributed by atoms with E-state index in [2.05, 4.69) is 10.1 Å². The lowest BCUT2D eigenvalue weighted by atomic mass is 9.71. The van der Waals surface area contributed by atoms with E-state index in [1.54, 1.807) is 0 Å². The summed E-state index contributed by atoms with van der Waals surface area (Å²) in [6, 6.07) is 0. The van der Waals surface area contributed by atoms with Gasteiger partial charge in [0.15, 0.2) is 5.82 Å². The van der Waals surface area contributed by atoms with Gasteiger partial charge in [0.1, 0.15) is 11.6 Å². The molecule has 3 rings (SSSR count). The smallest absolute Gasteiger partial charge is 0.398 e. The second-order valence-electron chi connectivity index (χ2n) is 7.26. The molecule has 2 fully saturated rings. The second-order valence-corrected chi connectivity index (χ2v) is 7.52. The molecule has 23 heavy (non-hydrogen) atoms. The summed E-state index contributed by atoms with van der Waals surface area (Å²) in [6.07, 6.45) is 2.00. The minimum absolute atomic E-state index is 0.208. The van der Waals surface area contributed by atoms with Crippen LogP contribution in [-0.4, -0.2) is 28.5 Å². The molecule has 0 spiro atoms. The number of aromatic nitrogens is 2. The van der Waals surface area contributed by atoms with E-state index in [1.807, 2.05) is 27.7 Å². The topological polar surface area (TPSA) is 57.4 Å². The molecule has 1 aliphatic heterocycles. The Kier molecular flexibility index (Phi) is 4.32. The Bertz CT molecular complexity index is 608. The molecule has 5 nitrogen and oxygen atoms in total. The van der Waals surface area contributed by atoms with Crippen molar-refractivity contribution in [3.63, 3.8) is 0 Å². The van der Waals surface area contributed by atoms with Gasteiger partial charge in [-0.25, -0.2) is 4.39 Å². The van der Waals surface area contributed by atoms with Crippen LogP contribution in [0.25, 0.3) is 0 Å². The summed E-state index contributed by atoms with van der Waals surface area (Å²) < 4.78 is 31.0. The van der Waals surface area contributed by atoms with Gasteiger partial charge in [0.2, 0.25) is 5.89 Å². The summed E-state index contributed by atoms with van der Waals surface area (Å²) in [5.74, 6) is 1.57. The van der Waals surface area contributed by atoms with Crippen LogP contribution >= 0.6 is 11.6 Å². The molecule has 1 aromatic rings. The Balaban J connectivity index is 1.58. The van der Waals surface area contributed by atoms with Crippen LogP contribution in [-0.2, 0) is 21.6 Å². The fourth-order valence-corrected chi connectivity index (χ4v) is 2.88. The molecule has 0 radical (unpaired) electrons. The third kappa shape index (κ3) is 3.19. The molecule has 1 aliphatic carbocycles. The van der Waals surface area contributed by atoms with E-state index in [4.69, 9.17) is 25.4 Å². The molecule has 1 saturated carbocycles. The van der Waals surface area contributed by atoms with Gasteiger partial charge >= 0.3 is 7.12 Å². The van der Waals surface area contributed by atoms with Gasteiger partial charge in [0, 0.05) is 6.42 Å². The van der Waals surface area contributed by atoms with Crippen molar-refractivity contribution < 1.29 is 18.2 Å². The van der Waals surface area contributed by atoms with Crippen molar-refractivity contribution in [2.75, 3.05) is 0 Å². The number of allylic oxidation sites excluding steroid dienone is 1. The number of rotatable bonds is 4. The van der Waals surface area contributed by atoms with Gasteiger partial charge in [-0.05, 0) is 52.0 Å². The summed E-state index contributed by atoms with van der Waals surface area (Å²) in [4.78, 5) is 4.17. The summed E-state index contributed by atoms with van der Waals surface area (Å²) in [5.41, 5.74) is -0.577. The first-order valence-electron chi connectivity index (χ1n) is 7.82. The van der Waals surface area contributed by atoms with E-state index < -0.39 is 18.3 Å². The van der Waals surface area contributed by atoms with Gasteiger partial charge in [-0.15, -0.1) is 11.6 Å². The highest BCUT2D eigenvalue weighted by atomic mass is 35.5. The highest BCUT2D eigenvalue weighted by molar-refractivity contribution is 6.53. The Labute approximate surface area is 140 Å². The number of nitrogens with zero attached hydrogens (tertiary/aromatic N) is 2. The molecule has 2 aliphatic rings. The van der Waals surface area contributed by atoms with E-state index in [9.17, 15) is 4.39 Å². The van der Waals surface area contributed by atoms with Crippen molar-refractivity contribution in [1.82, 2.24) is 10.1 Å². The van der Waals surface area contributed by atoms with E-state index in [0.29, 0.717) is 36.9 Å². The number of hydrogen-bond acceptors (Lipinski definition) is 5. The Morgan fingerprint density at radius 1 is 1.26 bits per heavy atom. The van der Waals surface area contributed by atoms with Crippen LogP contribution in [0, 0.1) is 5.92 Å². The Morgan fingerprint density at radius 2 is 1.87 bits per heavy atom. The first-order chi connectivity index (χ1) is 10.7. The molecule has 0 N–H and O–H groups in total. The van der Waals surface area contributed by atoms with Gasteiger partial charge in [0.05, 0.1) is 11.2 Å². The van der Waals surface area contributed by atoms with Crippen molar-refractivity contribution in [3.8, 4) is 0 Å². The lowest BCUT2D eigenvalue weighted by molar-refractivity contribution is 0.00578. The Hall–Kier alpha value is -0.915. The predicted molar refractivity (Wildman–Crippen MR) is 84.5 cm³/mol. The maximum absolute atomic E-state index is 14.6. The van der Waals surface area contributed by atoms with Crippen LogP contribution in [0.2, 0.25) is 0 Å². The molecule has 0 amide bonds. The van der Waals surface area contributed by atoms with E-state index in [1.165, 1.54) is 0 Å². The van der Waals surface area contributed by atoms with Crippen LogP contribution in [0.3, 0.4) is 0 Å². The zero-order valence-corrected chi connectivity index (χ0v) is 14.6. The zero-order valence-electron chi connectivity index (χ0n) is 13.9.